The van der Waals surface area contributed by atoms with Crippen LogP contribution in [0, 0.1) is 17.2 Å². The van der Waals surface area contributed by atoms with E-state index in [1.54, 1.807) is 0 Å². The van der Waals surface area contributed by atoms with Crippen molar-refractivity contribution in [3.05, 3.63) is 0 Å². The largest absolute Gasteiger partial charge is 0.368 e. The van der Waals surface area contributed by atoms with E-state index in [0.29, 0.717) is 0 Å². The number of ether oxygens (including phenoxy) is 1. The van der Waals surface area contributed by atoms with Gasteiger partial charge in [-0.3, -0.25) is 4.79 Å². The zero-order valence-corrected chi connectivity index (χ0v) is 10.7. The van der Waals surface area contributed by atoms with E-state index in [2.05, 4.69) is 16.7 Å². The second-order valence-electron chi connectivity index (χ2n) is 5.10. The van der Waals surface area contributed by atoms with Crippen LogP contribution in [0.25, 0.3) is 0 Å². The number of carbonyl (C=O) groups excluding carboxylic acids is 1. The fourth-order valence-electron chi connectivity index (χ4n) is 2.69. The van der Waals surface area contributed by atoms with Crippen LogP contribution in [0.4, 0.5) is 0 Å². The van der Waals surface area contributed by atoms with Crippen molar-refractivity contribution >= 4 is 5.91 Å². The second-order valence-corrected chi connectivity index (χ2v) is 5.10. The number of piperidine rings is 1. The van der Waals surface area contributed by atoms with Crippen LogP contribution in [-0.4, -0.2) is 37.7 Å². The lowest BCUT2D eigenvalue weighted by Crippen LogP contribution is -2.40. The molecule has 0 aromatic carbocycles. The van der Waals surface area contributed by atoms with Gasteiger partial charge in [0.15, 0.2) is 0 Å². The van der Waals surface area contributed by atoms with Crippen LogP contribution in [0.1, 0.15) is 32.1 Å². The summed E-state index contributed by atoms with van der Waals surface area (Å²) in [6.07, 6.45) is 4.98. The number of carbonyl (C=O) groups is 1. The van der Waals surface area contributed by atoms with E-state index in [1.807, 2.05) is 0 Å². The Morgan fingerprint density at radius 1 is 1.33 bits per heavy atom. The molecule has 0 aromatic heterocycles. The average molecular weight is 251 g/mol. The Bertz CT molecular complexity index is 321. The molecule has 2 aliphatic rings. The minimum atomic E-state index is -0.0827. The van der Waals surface area contributed by atoms with E-state index >= 15 is 0 Å². The summed E-state index contributed by atoms with van der Waals surface area (Å²) in [6.45, 7) is 2.05. The number of hydrogen-bond donors (Lipinski definition) is 2. The van der Waals surface area contributed by atoms with Gasteiger partial charge >= 0.3 is 0 Å². The van der Waals surface area contributed by atoms with E-state index < -0.39 is 0 Å². The summed E-state index contributed by atoms with van der Waals surface area (Å²) < 4.78 is 5.59. The lowest BCUT2D eigenvalue weighted by Gasteiger charge is -2.23. The summed E-state index contributed by atoms with van der Waals surface area (Å²) in [6, 6.07) is 2.29. The van der Waals surface area contributed by atoms with Crippen LogP contribution in [0.5, 0.6) is 0 Å². The molecule has 0 aromatic rings. The number of nitriles is 1. The molecule has 0 spiro atoms. The van der Waals surface area contributed by atoms with Gasteiger partial charge in [0.05, 0.1) is 18.1 Å². The first-order chi connectivity index (χ1) is 8.79. The molecule has 2 fully saturated rings. The van der Waals surface area contributed by atoms with Crippen molar-refractivity contribution in [3.8, 4) is 6.07 Å². The maximum absolute atomic E-state index is 11.7. The number of nitrogens with zero attached hydrogens (tertiary/aromatic N) is 1. The Balaban J connectivity index is 1.67. The van der Waals surface area contributed by atoms with E-state index in [0.717, 1.165) is 45.2 Å². The highest BCUT2D eigenvalue weighted by Gasteiger charge is 2.28. The van der Waals surface area contributed by atoms with Crippen LogP contribution in [0.2, 0.25) is 0 Å². The van der Waals surface area contributed by atoms with Crippen LogP contribution in [0.3, 0.4) is 0 Å². The normalized spacial score (nSPS) is 28.8. The van der Waals surface area contributed by atoms with Crippen molar-refractivity contribution in [1.29, 1.82) is 5.26 Å². The smallest absolute Gasteiger partial charge is 0.246 e. The number of hydrogen-bond acceptors (Lipinski definition) is 4. The predicted octanol–water partition coefficient (Wildman–Crippen LogP) is 0.563. The number of rotatable bonds is 4. The maximum atomic E-state index is 11.7. The lowest BCUT2D eigenvalue weighted by atomic mass is 10.1. The molecule has 1 aliphatic heterocycles. The predicted molar refractivity (Wildman–Crippen MR) is 66.7 cm³/mol. The monoisotopic (exact) mass is 251 g/mol. The SMILES string of the molecule is N#CC1CCCC1NC(=O)COC1CCNCC1. The number of amides is 1. The van der Waals surface area contributed by atoms with Gasteiger partial charge in [-0.2, -0.15) is 5.26 Å². The minimum absolute atomic E-state index is 0.0205. The first-order valence-corrected chi connectivity index (χ1v) is 6.81. The molecule has 1 saturated carbocycles. The Kier molecular flexibility index (Phi) is 4.97. The molecule has 2 unspecified atom stereocenters. The van der Waals surface area contributed by atoms with Gasteiger partial charge in [-0.05, 0) is 45.2 Å². The average Bonchev–Trinajstić information content (AvgIpc) is 2.85. The molecule has 100 valence electrons. The van der Waals surface area contributed by atoms with Gasteiger partial charge in [0.2, 0.25) is 5.91 Å². The van der Waals surface area contributed by atoms with Crippen LogP contribution >= 0.6 is 0 Å². The molecular formula is C13H21N3O2. The van der Waals surface area contributed by atoms with E-state index in [9.17, 15) is 4.79 Å². The third-order valence-corrected chi connectivity index (χ3v) is 3.76. The molecule has 2 atom stereocenters. The Labute approximate surface area is 108 Å². The van der Waals surface area contributed by atoms with Gasteiger partial charge in [0.25, 0.3) is 0 Å². The highest BCUT2D eigenvalue weighted by Crippen LogP contribution is 2.24. The fourth-order valence-corrected chi connectivity index (χ4v) is 2.69. The van der Waals surface area contributed by atoms with Crippen molar-refractivity contribution in [2.75, 3.05) is 19.7 Å². The van der Waals surface area contributed by atoms with Crippen LogP contribution in [0.15, 0.2) is 0 Å². The minimum Gasteiger partial charge on any atom is -0.368 e. The van der Waals surface area contributed by atoms with Crippen molar-refractivity contribution in [1.82, 2.24) is 10.6 Å². The molecule has 1 saturated heterocycles. The molecular weight excluding hydrogens is 230 g/mol. The molecule has 2 N–H and O–H groups in total. The summed E-state index contributed by atoms with van der Waals surface area (Å²) in [5, 5.41) is 15.1. The van der Waals surface area contributed by atoms with Gasteiger partial charge in [0, 0.05) is 6.04 Å². The Hall–Kier alpha value is -1.12. The molecule has 1 heterocycles. The van der Waals surface area contributed by atoms with Crippen molar-refractivity contribution < 1.29 is 9.53 Å². The highest BCUT2D eigenvalue weighted by atomic mass is 16.5. The standard InChI is InChI=1S/C13H21N3O2/c14-8-10-2-1-3-12(10)16-13(17)9-18-11-4-6-15-7-5-11/h10-12,15H,1-7,9H2,(H,16,17). The van der Waals surface area contributed by atoms with Gasteiger partial charge < -0.3 is 15.4 Å². The topological polar surface area (TPSA) is 74.2 Å². The van der Waals surface area contributed by atoms with E-state index in [1.165, 1.54) is 0 Å². The summed E-state index contributed by atoms with van der Waals surface area (Å²) in [4.78, 5) is 11.7. The molecule has 1 amide bonds. The highest BCUT2D eigenvalue weighted by molar-refractivity contribution is 5.77. The Morgan fingerprint density at radius 2 is 2.11 bits per heavy atom. The molecule has 2 rings (SSSR count). The zero-order chi connectivity index (χ0) is 12.8. The molecule has 0 bridgehead atoms. The third-order valence-electron chi connectivity index (χ3n) is 3.76. The van der Waals surface area contributed by atoms with Gasteiger partial charge in [-0.15, -0.1) is 0 Å². The van der Waals surface area contributed by atoms with Crippen LogP contribution in [-0.2, 0) is 9.53 Å². The van der Waals surface area contributed by atoms with Crippen molar-refractivity contribution in [3.63, 3.8) is 0 Å². The fraction of sp³-hybridized carbons (Fsp3) is 0.846. The van der Waals surface area contributed by atoms with Gasteiger partial charge in [-0.25, -0.2) is 0 Å². The second kappa shape index (κ2) is 6.72. The summed E-state index contributed by atoms with van der Waals surface area (Å²) >= 11 is 0. The first-order valence-electron chi connectivity index (χ1n) is 6.81. The molecule has 5 heteroatoms. The quantitative estimate of drug-likeness (QED) is 0.766. The number of nitrogens with one attached hydrogen (secondary N) is 2. The Morgan fingerprint density at radius 3 is 2.83 bits per heavy atom. The first kappa shape index (κ1) is 13.3. The van der Waals surface area contributed by atoms with E-state index in [-0.39, 0.29) is 30.6 Å². The van der Waals surface area contributed by atoms with Gasteiger partial charge in [0.1, 0.15) is 6.61 Å². The summed E-state index contributed by atoms with van der Waals surface area (Å²) in [5.74, 6) is -0.103. The molecule has 5 nitrogen and oxygen atoms in total. The van der Waals surface area contributed by atoms with E-state index in [4.69, 9.17) is 10.00 Å². The van der Waals surface area contributed by atoms with Crippen molar-refractivity contribution in [2.45, 2.75) is 44.2 Å². The summed E-state index contributed by atoms with van der Waals surface area (Å²) in [5.41, 5.74) is 0. The third kappa shape index (κ3) is 3.69. The summed E-state index contributed by atoms with van der Waals surface area (Å²) in [7, 11) is 0. The molecule has 18 heavy (non-hydrogen) atoms. The van der Waals surface area contributed by atoms with Crippen molar-refractivity contribution in [2.24, 2.45) is 5.92 Å². The van der Waals surface area contributed by atoms with Crippen LogP contribution < -0.4 is 10.6 Å². The molecule has 1 aliphatic carbocycles. The lowest BCUT2D eigenvalue weighted by molar-refractivity contribution is -0.129. The molecule has 0 radical (unpaired) electrons. The maximum Gasteiger partial charge on any atom is 0.246 e. The van der Waals surface area contributed by atoms with Gasteiger partial charge in [-0.1, -0.05) is 0 Å². The zero-order valence-electron chi connectivity index (χ0n) is 10.7.